The fourth-order valence-electron chi connectivity index (χ4n) is 5.00. The molecule has 4 aromatic rings. The number of aromatic nitrogens is 3. The summed E-state index contributed by atoms with van der Waals surface area (Å²) in [6.45, 7) is 2.88. The van der Waals surface area contributed by atoms with E-state index in [2.05, 4.69) is 15.6 Å². The summed E-state index contributed by atoms with van der Waals surface area (Å²) < 4.78 is 8.18. The lowest BCUT2D eigenvalue weighted by atomic mass is 9.78. The van der Waals surface area contributed by atoms with E-state index in [0.717, 1.165) is 52.9 Å². The van der Waals surface area contributed by atoms with Gasteiger partial charge in [-0.25, -0.2) is 4.98 Å². The van der Waals surface area contributed by atoms with Crippen LogP contribution in [0.2, 0.25) is 0 Å². The highest BCUT2D eigenvalue weighted by Crippen LogP contribution is 2.39. The zero-order chi connectivity index (χ0) is 25.1. The summed E-state index contributed by atoms with van der Waals surface area (Å²) in [4.78, 5) is 21.5. The summed E-state index contributed by atoms with van der Waals surface area (Å²) in [5.74, 6) is 0.155. The number of pyridine rings is 1. The molecule has 2 heterocycles. The molecule has 0 amide bonds. The maximum atomic E-state index is 12.1. The number of ether oxygens (including phenoxy) is 1. The number of fused-ring (bicyclic) bond motifs is 1. The molecule has 7 heteroatoms. The molecule has 0 saturated heterocycles. The molecule has 182 valence electrons. The van der Waals surface area contributed by atoms with Crippen molar-refractivity contribution in [2.75, 3.05) is 0 Å². The van der Waals surface area contributed by atoms with E-state index in [1.807, 2.05) is 55.6 Å². The predicted octanol–water partition coefficient (Wildman–Crippen LogP) is 5.60. The molecular weight excluding hydrogens is 452 g/mol. The standard InChI is InChI=1S/C29H28N4O3/c1-19-6-11-22(31-16-19)18-36-23-12-13-26-27(14-23)33(17-21-9-7-20(15-30)8-10-21)28(32-26)24-4-2-3-5-25(24)29(34)35/h6-14,16,24-25H,2-5,17-18H2,1H3,(H,34,35)/t24-,25-/m1/s1. The van der Waals surface area contributed by atoms with Crippen molar-refractivity contribution in [3.05, 3.63) is 89.0 Å². The van der Waals surface area contributed by atoms with Gasteiger partial charge in [0.2, 0.25) is 0 Å². The molecule has 1 aliphatic rings. The molecule has 0 spiro atoms. The van der Waals surface area contributed by atoms with Gasteiger partial charge in [-0.15, -0.1) is 0 Å². The van der Waals surface area contributed by atoms with Crippen LogP contribution in [0.15, 0.2) is 60.8 Å². The Morgan fingerprint density at radius 1 is 1.14 bits per heavy atom. The van der Waals surface area contributed by atoms with Crippen molar-refractivity contribution in [2.45, 2.75) is 51.7 Å². The molecule has 1 aliphatic carbocycles. The summed E-state index contributed by atoms with van der Waals surface area (Å²) in [6, 6.07) is 19.4. The summed E-state index contributed by atoms with van der Waals surface area (Å²) in [7, 11) is 0. The van der Waals surface area contributed by atoms with Gasteiger partial charge in [-0.05, 0) is 61.2 Å². The van der Waals surface area contributed by atoms with Gasteiger partial charge in [0, 0.05) is 24.7 Å². The highest BCUT2D eigenvalue weighted by molar-refractivity contribution is 5.79. The average Bonchev–Trinajstić information content (AvgIpc) is 3.26. The monoisotopic (exact) mass is 480 g/mol. The van der Waals surface area contributed by atoms with Crippen molar-refractivity contribution in [1.29, 1.82) is 5.26 Å². The smallest absolute Gasteiger partial charge is 0.307 e. The lowest BCUT2D eigenvalue weighted by molar-refractivity contribution is -0.143. The highest BCUT2D eigenvalue weighted by Gasteiger charge is 2.35. The van der Waals surface area contributed by atoms with E-state index in [1.165, 1.54) is 0 Å². The largest absolute Gasteiger partial charge is 0.487 e. The van der Waals surface area contributed by atoms with E-state index in [-0.39, 0.29) is 5.92 Å². The van der Waals surface area contributed by atoms with Crippen LogP contribution < -0.4 is 4.74 Å². The number of carboxylic acid groups (broad SMARTS) is 1. The molecule has 7 nitrogen and oxygen atoms in total. The van der Waals surface area contributed by atoms with Gasteiger partial charge in [0.05, 0.1) is 34.3 Å². The molecule has 5 rings (SSSR count). The first-order valence-corrected chi connectivity index (χ1v) is 12.3. The summed E-state index contributed by atoms with van der Waals surface area (Å²) >= 11 is 0. The number of carboxylic acids is 1. The minimum Gasteiger partial charge on any atom is -0.487 e. The normalized spacial score (nSPS) is 17.6. The SMILES string of the molecule is Cc1ccc(COc2ccc3nc([C@@H]4CCCC[C@H]4C(=O)O)n(Cc4ccc(C#N)cc4)c3c2)nc1. The maximum Gasteiger partial charge on any atom is 0.307 e. The zero-order valence-electron chi connectivity index (χ0n) is 20.2. The molecule has 2 aromatic carbocycles. The van der Waals surface area contributed by atoms with Crippen LogP contribution >= 0.6 is 0 Å². The number of aryl methyl sites for hydroxylation is 1. The maximum absolute atomic E-state index is 12.1. The Bertz CT molecular complexity index is 1420. The van der Waals surface area contributed by atoms with Crippen LogP contribution in [0.25, 0.3) is 11.0 Å². The van der Waals surface area contributed by atoms with Gasteiger partial charge in [-0.2, -0.15) is 5.26 Å². The number of imidazole rings is 1. The average molecular weight is 481 g/mol. The molecule has 0 bridgehead atoms. The topological polar surface area (TPSA) is 101 Å². The van der Waals surface area contributed by atoms with Crippen molar-refractivity contribution in [2.24, 2.45) is 5.92 Å². The van der Waals surface area contributed by atoms with Gasteiger partial charge in [0.25, 0.3) is 0 Å². The number of benzene rings is 2. The number of hydrogen-bond acceptors (Lipinski definition) is 5. The number of aliphatic carboxylic acids is 1. The van der Waals surface area contributed by atoms with Crippen LogP contribution in [0.3, 0.4) is 0 Å². The molecule has 36 heavy (non-hydrogen) atoms. The van der Waals surface area contributed by atoms with E-state index < -0.39 is 11.9 Å². The second-order valence-electron chi connectivity index (χ2n) is 9.47. The Morgan fingerprint density at radius 3 is 2.67 bits per heavy atom. The summed E-state index contributed by atoms with van der Waals surface area (Å²) in [5.41, 5.74) is 5.29. The quantitative estimate of drug-likeness (QED) is 0.370. The van der Waals surface area contributed by atoms with Crippen LogP contribution in [0, 0.1) is 24.2 Å². The van der Waals surface area contributed by atoms with Crippen molar-refractivity contribution in [3.63, 3.8) is 0 Å². The van der Waals surface area contributed by atoms with E-state index in [0.29, 0.717) is 30.9 Å². The van der Waals surface area contributed by atoms with Gasteiger partial charge >= 0.3 is 5.97 Å². The molecule has 1 N–H and O–H groups in total. The second kappa shape index (κ2) is 10.2. The first-order valence-electron chi connectivity index (χ1n) is 12.3. The van der Waals surface area contributed by atoms with Gasteiger partial charge in [0.15, 0.2) is 0 Å². The Hall–Kier alpha value is -4.18. The Balaban J connectivity index is 1.52. The number of rotatable bonds is 7. The van der Waals surface area contributed by atoms with Crippen molar-refractivity contribution < 1.29 is 14.6 Å². The Kier molecular flexibility index (Phi) is 6.68. The lowest BCUT2D eigenvalue weighted by Gasteiger charge is -2.28. The summed E-state index contributed by atoms with van der Waals surface area (Å²) in [5, 5.41) is 19.1. The van der Waals surface area contributed by atoms with Gasteiger partial charge in [-0.3, -0.25) is 9.78 Å². The fraction of sp³-hybridized carbons (Fsp3) is 0.310. The first kappa shape index (κ1) is 23.6. The summed E-state index contributed by atoms with van der Waals surface area (Å²) in [6.07, 6.45) is 5.21. The van der Waals surface area contributed by atoms with E-state index in [4.69, 9.17) is 15.0 Å². The highest BCUT2D eigenvalue weighted by atomic mass is 16.5. The van der Waals surface area contributed by atoms with Crippen LogP contribution in [0.1, 0.15) is 59.8 Å². The molecule has 2 aromatic heterocycles. The molecule has 1 fully saturated rings. The molecule has 0 unspecified atom stereocenters. The van der Waals surface area contributed by atoms with E-state index in [9.17, 15) is 9.90 Å². The van der Waals surface area contributed by atoms with Gasteiger partial charge in [0.1, 0.15) is 18.2 Å². The Morgan fingerprint density at radius 2 is 1.94 bits per heavy atom. The molecule has 0 aliphatic heterocycles. The molecular formula is C29H28N4O3. The molecule has 2 atom stereocenters. The molecule has 1 saturated carbocycles. The number of carbonyl (C=O) groups is 1. The predicted molar refractivity (Wildman–Crippen MR) is 136 cm³/mol. The number of hydrogen-bond donors (Lipinski definition) is 1. The third-order valence-electron chi connectivity index (χ3n) is 6.95. The van der Waals surface area contributed by atoms with Crippen LogP contribution in [0.5, 0.6) is 5.75 Å². The van der Waals surface area contributed by atoms with Crippen molar-refractivity contribution in [3.8, 4) is 11.8 Å². The zero-order valence-corrected chi connectivity index (χ0v) is 20.2. The number of nitrogens with zero attached hydrogens (tertiary/aromatic N) is 4. The third kappa shape index (κ3) is 4.94. The van der Waals surface area contributed by atoms with Gasteiger partial charge < -0.3 is 14.4 Å². The number of nitriles is 1. The van der Waals surface area contributed by atoms with Crippen molar-refractivity contribution >= 4 is 17.0 Å². The minimum absolute atomic E-state index is 0.150. The fourth-order valence-corrected chi connectivity index (χ4v) is 5.00. The van der Waals surface area contributed by atoms with E-state index in [1.54, 1.807) is 12.1 Å². The van der Waals surface area contributed by atoms with E-state index >= 15 is 0 Å². The Labute approximate surface area is 210 Å². The minimum atomic E-state index is -0.758. The molecule has 0 radical (unpaired) electrons. The lowest BCUT2D eigenvalue weighted by Crippen LogP contribution is -2.27. The van der Waals surface area contributed by atoms with Gasteiger partial charge in [-0.1, -0.05) is 31.0 Å². The third-order valence-corrected chi connectivity index (χ3v) is 6.95. The van der Waals surface area contributed by atoms with Crippen LogP contribution in [0.4, 0.5) is 0 Å². The van der Waals surface area contributed by atoms with Crippen LogP contribution in [-0.4, -0.2) is 25.6 Å². The van der Waals surface area contributed by atoms with Crippen molar-refractivity contribution in [1.82, 2.24) is 14.5 Å². The first-order chi connectivity index (χ1) is 17.5. The van der Waals surface area contributed by atoms with Crippen LogP contribution in [-0.2, 0) is 17.9 Å². The second-order valence-corrected chi connectivity index (χ2v) is 9.47.